The SMILES string of the molecule is COCC(Br)Cc1ccc([N+](=O)[O-])cc1Cl. The van der Waals surface area contributed by atoms with Gasteiger partial charge in [-0.2, -0.15) is 0 Å². The predicted molar refractivity (Wildman–Crippen MR) is 66.4 cm³/mol. The molecule has 0 bridgehead atoms. The molecular weight excluding hydrogens is 297 g/mol. The lowest BCUT2D eigenvalue weighted by molar-refractivity contribution is -0.384. The predicted octanol–water partition coefficient (Wildman–Crippen LogP) is 3.20. The van der Waals surface area contributed by atoms with Crippen LogP contribution in [0.2, 0.25) is 5.02 Å². The van der Waals surface area contributed by atoms with Crippen molar-refractivity contribution in [3.8, 4) is 0 Å². The van der Waals surface area contributed by atoms with E-state index >= 15 is 0 Å². The second-order valence-corrected chi connectivity index (χ2v) is 4.99. The molecule has 0 aliphatic rings. The molecule has 16 heavy (non-hydrogen) atoms. The molecule has 0 aliphatic heterocycles. The monoisotopic (exact) mass is 307 g/mol. The maximum atomic E-state index is 10.5. The lowest BCUT2D eigenvalue weighted by atomic mass is 10.1. The summed E-state index contributed by atoms with van der Waals surface area (Å²) in [6, 6.07) is 4.49. The zero-order valence-corrected chi connectivity index (χ0v) is 11.0. The van der Waals surface area contributed by atoms with E-state index in [0.717, 1.165) is 5.56 Å². The molecule has 0 heterocycles. The van der Waals surface area contributed by atoms with Gasteiger partial charge < -0.3 is 4.74 Å². The van der Waals surface area contributed by atoms with Crippen molar-refractivity contribution in [2.45, 2.75) is 11.2 Å². The summed E-state index contributed by atoms with van der Waals surface area (Å²) in [5.74, 6) is 0. The molecule has 0 aromatic heterocycles. The molecule has 1 aromatic rings. The van der Waals surface area contributed by atoms with Gasteiger partial charge in [0.05, 0.1) is 16.6 Å². The van der Waals surface area contributed by atoms with Crippen molar-refractivity contribution in [1.29, 1.82) is 0 Å². The number of hydrogen-bond donors (Lipinski definition) is 0. The number of methoxy groups -OCH3 is 1. The fourth-order valence-electron chi connectivity index (χ4n) is 1.29. The van der Waals surface area contributed by atoms with Crippen molar-refractivity contribution in [1.82, 2.24) is 0 Å². The average Bonchev–Trinajstić information content (AvgIpc) is 2.21. The first kappa shape index (κ1) is 13.4. The van der Waals surface area contributed by atoms with Crippen LogP contribution in [0, 0.1) is 10.1 Å². The maximum Gasteiger partial charge on any atom is 0.270 e. The first-order valence-electron chi connectivity index (χ1n) is 4.60. The van der Waals surface area contributed by atoms with Gasteiger partial charge in [-0.1, -0.05) is 33.6 Å². The number of rotatable bonds is 5. The second kappa shape index (κ2) is 6.18. The highest BCUT2D eigenvalue weighted by Gasteiger charge is 2.12. The van der Waals surface area contributed by atoms with Gasteiger partial charge in [0.2, 0.25) is 0 Å². The number of halogens is 2. The van der Waals surface area contributed by atoms with Crippen LogP contribution in [-0.4, -0.2) is 23.5 Å². The lowest BCUT2D eigenvalue weighted by Crippen LogP contribution is -2.10. The van der Waals surface area contributed by atoms with Gasteiger partial charge in [0.25, 0.3) is 5.69 Å². The van der Waals surface area contributed by atoms with E-state index in [-0.39, 0.29) is 10.5 Å². The summed E-state index contributed by atoms with van der Waals surface area (Å²) in [5.41, 5.74) is 0.873. The van der Waals surface area contributed by atoms with Gasteiger partial charge in [-0.05, 0) is 12.0 Å². The van der Waals surface area contributed by atoms with Gasteiger partial charge in [0.1, 0.15) is 0 Å². The van der Waals surface area contributed by atoms with Gasteiger partial charge in [0.15, 0.2) is 0 Å². The third-order valence-corrected chi connectivity index (χ3v) is 2.98. The summed E-state index contributed by atoms with van der Waals surface area (Å²) < 4.78 is 4.98. The van der Waals surface area contributed by atoms with Crippen molar-refractivity contribution in [2.24, 2.45) is 0 Å². The Morgan fingerprint density at radius 1 is 1.62 bits per heavy atom. The highest BCUT2D eigenvalue weighted by atomic mass is 79.9. The molecule has 1 rings (SSSR count). The third-order valence-electron chi connectivity index (χ3n) is 2.04. The highest BCUT2D eigenvalue weighted by molar-refractivity contribution is 9.09. The van der Waals surface area contributed by atoms with E-state index in [4.69, 9.17) is 16.3 Å². The third kappa shape index (κ3) is 3.73. The van der Waals surface area contributed by atoms with Gasteiger partial charge in [0, 0.05) is 24.1 Å². The van der Waals surface area contributed by atoms with E-state index in [0.29, 0.717) is 18.1 Å². The molecule has 0 saturated heterocycles. The van der Waals surface area contributed by atoms with Crippen LogP contribution in [0.15, 0.2) is 18.2 Å². The number of nitro groups is 1. The number of alkyl halides is 1. The summed E-state index contributed by atoms with van der Waals surface area (Å²) in [7, 11) is 1.62. The molecule has 0 saturated carbocycles. The first-order chi connectivity index (χ1) is 7.54. The van der Waals surface area contributed by atoms with Crippen molar-refractivity contribution in [3.05, 3.63) is 38.9 Å². The standard InChI is InChI=1S/C10H11BrClNO3/c1-16-6-8(11)4-7-2-3-9(13(14)15)5-10(7)12/h2-3,5,8H,4,6H2,1H3. The van der Waals surface area contributed by atoms with Crippen LogP contribution >= 0.6 is 27.5 Å². The first-order valence-corrected chi connectivity index (χ1v) is 5.89. The minimum atomic E-state index is -0.462. The number of hydrogen-bond acceptors (Lipinski definition) is 3. The summed E-state index contributed by atoms with van der Waals surface area (Å²) in [6.45, 7) is 0.563. The Morgan fingerprint density at radius 2 is 2.31 bits per heavy atom. The van der Waals surface area contributed by atoms with Crippen LogP contribution in [0.5, 0.6) is 0 Å². The molecule has 0 aliphatic carbocycles. The van der Waals surface area contributed by atoms with Crippen molar-refractivity contribution >= 4 is 33.2 Å². The summed E-state index contributed by atoms with van der Waals surface area (Å²) in [6.07, 6.45) is 0.671. The van der Waals surface area contributed by atoms with Gasteiger partial charge in [-0.3, -0.25) is 10.1 Å². The van der Waals surface area contributed by atoms with E-state index < -0.39 is 4.92 Å². The minimum absolute atomic E-state index is 0.00612. The maximum absolute atomic E-state index is 10.5. The van der Waals surface area contributed by atoms with Crippen molar-refractivity contribution in [3.63, 3.8) is 0 Å². The molecule has 0 amide bonds. The fraction of sp³-hybridized carbons (Fsp3) is 0.400. The molecule has 1 unspecified atom stereocenters. The molecule has 0 N–H and O–H groups in total. The Hall–Kier alpha value is -0.650. The van der Waals surface area contributed by atoms with Gasteiger partial charge in [-0.15, -0.1) is 0 Å². The normalized spacial score (nSPS) is 12.4. The van der Waals surface area contributed by atoms with Crippen LogP contribution in [-0.2, 0) is 11.2 Å². The number of nitrogens with zero attached hydrogens (tertiary/aromatic N) is 1. The number of nitro benzene ring substituents is 1. The van der Waals surface area contributed by atoms with Crippen LogP contribution in [0.25, 0.3) is 0 Å². The molecule has 4 nitrogen and oxygen atoms in total. The largest absolute Gasteiger partial charge is 0.384 e. The number of non-ortho nitro benzene ring substituents is 1. The number of benzene rings is 1. The molecular formula is C10H11BrClNO3. The van der Waals surface area contributed by atoms with Crippen LogP contribution in [0.1, 0.15) is 5.56 Å². The second-order valence-electron chi connectivity index (χ2n) is 3.29. The van der Waals surface area contributed by atoms with Crippen molar-refractivity contribution < 1.29 is 9.66 Å². The molecule has 6 heteroatoms. The van der Waals surface area contributed by atoms with E-state index in [1.54, 1.807) is 13.2 Å². The highest BCUT2D eigenvalue weighted by Crippen LogP contribution is 2.24. The van der Waals surface area contributed by atoms with E-state index in [2.05, 4.69) is 15.9 Å². The Bertz CT molecular complexity index is 386. The molecule has 0 fully saturated rings. The van der Waals surface area contributed by atoms with Crippen molar-refractivity contribution in [2.75, 3.05) is 13.7 Å². The van der Waals surface area contributed by atoms with Gasteiger partial charge in [-0.25, -0.2) is 0 Å². The van der Waals surface area contributed by atoms with Crippen LogP contribution < -0.4 is 0 Å². The zero-order chi connectivity index (χ0) is 12.1. The Morgan fingerprint density at radius 3 is 2.81 bits per heavy atom. The van der Waals surface area contributed by atoms with Gasteiger partial charge >= 0.3 is 0 Å². The minimum Gasteiger partial charge on any atom is -0.384 e. The Kier molecular flexibility index (Phi) is 5.18. The fourth-order valence-corrected chi connectivity index (χ4v) is 2.16. The van der Waals surface area contributed by atoms with Crippen LogP contribution in [0.3, 0.4) is 0 Å². The Balaban J connectivity index is 2.79. The number of ether oxygens (including phenoxy) is 1. The molecule has 1 aromatic carbocycles. The average molecular weight is 309 g/mol. The van der Waals surface area contributed by atoms with Crippen LogP contribution in [0.4, 0.5) is 5.69 Å². The van der Waals surface area contributed by atoms with E-state index in [1.807, 2.05) is 0 Å². The zero-order valence-electron chi connectivity index (χ0n) is 8.65. The summed E-state index contributed by atoms with van der Waals surface area (Å²) in [5, 5.41) is 10.9. The lowest BCUT2D eigenvalue weighted by Gasteiger charge is -2.09. The van der Waals surface area contributed by atoms with E-state index in [1.165, 1.54) is 12.1 Å². The summed E-state index contributed by atoms with van der Waals surface area (Å²) in [4.78, 5) is 10.2. The quantitative estimate of drug-likeness (QED) is 0.477. The topological polar surface area (TPSA) is 52.4 Å². The molecule has 1 atom stereocenters. The molecule has 88 valence electrons. The summed E-state index contributed by atoms with van der Waals surface area (Å²) >= 11 is 9.39. The molecule has 0 spiro atoms. The Labute approximate surface area is 107 Å². The smallest absolute Gasteiger partial charge is 0.270 e. The van der Waals surface area contributed by atoms with E-state index in [9.17, 15) is 10.1 Å². The molecule has 0 radical (unpaired) electrons.